The first-order valence-electron chi connectivity index (χ1n) is 5.65. The van der Waals surface area contributed by atoms with Crippen LogP contribution in [0.5, 0.6) is 0 Å². The Morgan fingerprint density at radius 1 is 1.41 bits per heavy atom. The highest BCUT2D eigenvalue weighted by molar-refractivity contribution is 14.1. The summed E-state index contributed by atoms with van der Waals surface area (Å²) < 4.78 is 2.87. The number of halogens is 1. The first-order chi connectivity index (χ1) is 8.20. The largest absolute Gasteiger partial charge is 0.252 e. The van der Waals surface area contributed by atoms with E-state index >= 15 is 0 Å². The maximum absolute atomic E-state index is 4.31. The summed E-state index contributed by atoms with van der Waals surface area (Å²) in [7, 11) is 1.83. The van der Waals surface area contributed by atoms with Gasteiger partial charge in [0, 0.05) is 26.2 Å². The highest BCUT2D eigenvalue weighted by Crippen LogP contribution is 2.30. The van der Waals surface area contributed by atoms with Crippen molar-refractivity contribution in [3.05, 3.63) is 21.3 Å². The lowest BCUT2D eigenvalue weighted by atomic mass is 10.3. The van der Waals surface area contributed by atoms with Crippen molar-refractivity contribution < 1.29 is 0 Å². The first-order valence-corrected chi connectivity index (χ1v) is 6.73. The number of aromatic nitrogens is 6. The molecule has 17 heavy (non-hydrogen) atoms. The molecule has 2 aromatic heterocycles. The fraction of sp³-hybridized carbons (Fsp3) is 0.600. The van der Waals surface area contributed by atoms with E-state index in [4.69, 9.17) is 0 Å². The Hall–Kier alpha value is -0.990. The smallest absolute Gasteiger partial charge is 0.147 e. The van der Waals surface area contributed by atoms with Crippen LogP contribution < -0.4 is 0 Å². The van der Waals surface area contributed by atoms with Gasteiger partial charge in [-0.15, -0.1) is 10.2 Å². The summed E-state index contributed by atoms with van der Waals surface area (Å²) in [6, 6.07) is 0. The average Bonchev–Trinajstić information content (AvgIpc) is 2.88. The van der Waals surface area contributed by atoms with Crippen molar-refractivity contribution in [1.82, 2.24) is 30.0 Å². The number of rotatable bonds is 4. The van der Waals surface area contributed by atoms with Gasteiger partial charge in [-0.05, 0) is 41.4 Å². The molecule has 1 saturated carbocycles. The van der Waals surface area contributed by atoms with Gasteiger partial charge in [0.25, 0.3) is 0 Å². The summed E-state index contributed by atoms with van der Waals surface area (Å²) in [6.45, 7) is 1.00. The van der Waals surface area contributed by atoms with Gasteiger partial charge in [0.05, 0.1) is 5.69 Å². The molecule has 2 heterocycles. The quantitative estimate of drug-likeness (QED) is 0.777. The monoisotopic (exact) mass is 344 g/mol. The second-order valence-electron chi connectivity index (χ2n) is 4.48. The van der Waals surface area contributed by atoms with Crippen molar-refractivity contribution in [1.29, 1.82) is 0 Å². The molecular weight excluding hydrogens is 331 g/mol. The Morgan fingerprint density at radius 2 is 2.24 bits per heavy atom. The Bertz CT molecular complexity index is 527. The lowest BCUT2D eigenvalue weighted by molar-refractivity contribution is 0.544. The van der Waals surface area contributed by atoms with Crippen LogP contribution in [0, 0.1) is 9.62 Å². The van der Waals surface area contributed by atoms with E-state index in [2.05, 4.69) is 43.1 Å². The van der Waals surface area contributed by atoms with Gasteiger partial charge in [0.2, 0.25) is 0 Å². The molecule has 0 aliphatic heterocycles. The normalized spacial score (nSPS) is 15.4. The molecule has 0 atom stereocenters. The third-order valence-corrected chi connectivity index (χ3v) is 3.65. The Labute approximate surface area is 113 Å². The summed E-state index contributed by atoms with van der Waals surface area (Å²) in [5.41, 5.74) is 1.93. The Morgan fingerprint density at radius 3 is 2.88 bits per heavy atom. The van der Waals surface area contributed by atoms with Crippen LogP contribution in [0.3, 0.4) is 0 Å². The van der Waals surface area contributed by atoms with Gasteiger partial charge in [-0.25, -0.2) is 0 Å². The van der Waals surface area contributed by atoms with Gasteiger partial charge in [0.15, 0.2) is 0 Å². The predicted molar refractivity (Wildman–Crippen MR) is 69.3 cm³/mol. The second kappa shape index (κ2) is 4.35. The summed E-state index contributed by atoms with van der Waals surface area (Å²) >= 11 is 2.20. The molecule has 90 valence electrons. The molecule has 0 bridgehead atoms. The Kier molecular flexibility index (Phi) is 2.85. The van der Waals surface area contributed by atoms with Crippen LogP contribution in [0.2, 0.25) is 0 Å². The molecule has 6 nitrogen and oxygen atoms in total. The van der Waals surface area contributed by atoms with Gasteiger partial charge in [-0.1, -0.05) is 5.21 Å². The van der Waals surface area contributed by atoms with Gasteiger partial charge in [-0.2, -0.15) is 9.90 Å². The van der Waals surface area contributed by atoms with Crippen molar-refractivity contribution in [3.8, 4) is 0 Å². The van der Waals surface area contributed by atoms with Crippen LogP contribution in [0.4, 0.5) is 0 Å². The molecule has 0 saturated heterocycles. The first kappa shape index (κ1) is 11.1. The number of hydrogen-bond donors (Lipinski definition) is 0. The van der Waals surface area contributed by atoms with Crippen LogP contribution in [-0.2, 0) is 20.0 Å². The van der Waals surface area contributed by atoms with Crippen molar-refractivity contribution in [3.63, 3.8) is 0 Å². The summed E-state index contributed by atoms with van der Waals surface area (Å²) in [6.07, 6.45) is 5.38. The van der Waals surface area contributed by atoms with E-state index in [0.717, 1.165) is 27.6 Å². The van der Waals surface area contributed by atoms with E-state index in [1.54, 1.807) is 4.80 Å². The summed E-state index contributed by atoms with van der Waals surface area (Å²) in [5.74, 6) is 0.821. The topological polar surface area (TPSA) is 61.4 Å². The molecule has 1 aliphatic carbocycles. The minimum absolute atomic E-state index is 0.705. The SMILES string of the molecule is Cn1nc(I)c(Cc2cn(CC3CC3)nn2)n1. The van der Waals surface area contributed by atoms with Gasteiger partial charge in [-0.3, -0.25) is 4.68 Å². The Balaban J connectivity index is 1.71. The van der Waals surface area contributed by atoms with Crippen molar-refractivity contribution in [2.45, 2.75) is 25.8 Å². The van der Waals surface area contributed by atoms with Crippen LogP contribution >= 0.6 is 22.6 Å². The van der Waals surface area contributed by atoms with Crippen molar-refractivity contribution >= 4 is 22.6 Å². The molecule has 2 aromatic rings. The number of hydrogen-bond acceptors (Lipinski definition) is 4. The highest BCUT2D eigenvalue weighted by atomic mass is 127. The zero-order valence-electron chi connectivity index (χ0n) is 9.54. The van der Waals surface area contributed by atoms with E-state index in [1.165, 1.54) is 12.8 Å². The molecule has 0 amide bonds. The molecule has 0 aromatic carbocycles. The molecule has 7 heteroatoms. The maximum atomic E-state index is 4.31. The number of nitrogens with zero attached hydrogens (tertiary/aromatic N) is 6. The maximum Gasteiger partial charge on any atom is 0.147 e. The molecule has 3 rings (SSSR count). The molecule has 0 radical (unpaired) electrons. The summed E-state index contributed by atoms with van der Waals surface area (Å²) in [5, 5.41) is 16.8. The van der Waals surface area contributed by atoms with Gasteiger partial charge < -0.3 is 0 Å². The molecule has 1 aliphatic rings. The van der Waals surface area contributed by atoms with Crippen LogP contribution in [0.25, 0.3) is 0 Å². The van der Waals surface area contributed by atoms with Crippen LogP contribution in [0.1, 0.15) is 24.2 Å². The fourth-order valence-corrected chi connectivity index (χ4v) is 2.39. The fourth-order valence-electron chi connectivity index (χ4n) is 1.78. The zero-order valence-corrected chi connectivity index (χ0v) is 11.7. The third kappa shape index (κ3) is 2.64. The highest BCUT2D eigenvalue weighted by Gasteiger charge is 2.22. The van der Waals surface area contributed by atoms with Crippen molar-refractivity contribution in [2.24, 2.45) is 13.0 Å². The third-order valence-electron chi connectivity index (χ3n) is 2.81. The number of aryl methyl sites for hydroxylation is 1. The molecular formula is C10H13IN6. The van der Waals surface area contributed by atoms with Gasteiger partial charge >= 0.3 is 0 Å². The standard InChI is InChI=1S/C10H13IN6/c1-16-13-9(10(11)14-16)4-8-6-17(15-12-8)5-7-2-3-7/h6-7H,2-5H2,1H3. The lowest BCUT2D eigenvalue weighted by Crippen LogP contribution is -1.99. The van der Waals surface area contributed by atoms with E-state index in [0.29, 0.717) is 6.42 Å². The molecule has 0 N–H and O–H groups in total. The summed E-state index contributed by atoms with van der Waals surface area (Å²) in [4.78, 5) is 1.59. The zero-order chi connectivity index (χ0) is 11.8. The van der Waals surface area contributed by atoms with E-state index in [1.807, 2.05) is 17.9 Å². The predicted octanol–water partition coefficient (Wildman–Crippen LogP) is 1.01. The van der Waals surface area contributed by atoms with Gasteiger partial charge in [0.1, 0.15) is 9.39 Å². The minimum Gasteiger partial charge on any atom is -0.252 e. The lowest BCUT2D eigenvalue weighted by Gasteiger charge is -1.94. The molecule has 1 fully saturated rings. The van der Waals surface area contributed by atoms with Crippen LogP contribution in [-0.4, -0.2) is 30.0 Å². The van der Waals surface area contributed by atoms with E-state index < -0.39 is 0 Å². The van der Waals surface area contributed by atoms with Crippen molar-refractivity contribution in [2.75, 3.05) is 0 Å². The minimum atomic E-state index is 0.705. The average molecular weight is 344 g/mol. The van der Waals surface area contributed by atoms with E-state index in [9.17, 15) is 0 Å². The van der Waals surface area contributed by atoms with Crippen LogP contribution in [0.15, 0.2) is 6.20 Å². The molecule has 0 spiro atoms. The van der Waals surface area contributed by atoms with E-state index in [-0.39, 0.29) is 0 Å². The molecule has 0 unspecified atom stereocenters. The second-order valence-corrected chi connectivity index (χ2v) is 5.50.